The number of fused-ring (bicyclic) bond motifs is 1. The van der Waals surface area contributed by atoms with Gasteiger partial charge in [-0.05, 0) is 44.9 Å². The average Bonchev–Trinajstić information content (AvgIpc) is 3.67. The van der Waals surface area contributed by atoms with Crippen LogP contribution >= 0.6 is 0 Å². The van der Waals surface area contributed by atoms with Crippen LogP contribution in [0.4, 0.5) is 23.5 Å². The minimum Gasteiger partial charge on any atom is -0.329 e. The molecule has 178 valence electrons. The summed E-state index contributed by atoms with van der Waals surface area (Å²) in [5.41, 5.74) is 3.43. The molecule has 3 aromatic rings. The molecule has 0 spiro atoms. The van der Waals surface area contributed by atoms with E-state index in [1.54, 1.807) is 0 Å². The lowest BCUT2D eigenvalue weighted by molar-refractivity contribution is -0.117. The molecular weight excluding hydrogens is 432 g/mol. The molecule has 0 aromatic carbocycles. The quantitative estimate of drug-likeness (QED) is 0.438. The number of nitrogens with zero attached hydrogens (tertiary/aromatic N) is 6. The summed E-state index contributed by atoms with van der Waals surface area (Å²) >= 11 is 0. The van der Waals surface area contributed by atoms with Crippen LogP contribution in [0, 0.1) is 0 Å². The number of carbonyl (C=O) groups is 1. The number of amides is 1. The molecule has 3 aromatic heterocycles. The van der Waals surface area contributed by atoms with E-state index in [4.69, 9.17) is 9.97 Å². The second kappa shape index (κ2) is 9.03. The van der Waals surface area contributed by atoms with E-state index in [9.17, 15) is 4.79 Å². The lowest BCUT2D eigenvalue weighted by atomic mass is 9.87. The summed E-state index contributed by atoms with van der Waals surface area (Å²) in [6, 6.07) is 1.78. The summed E-state index contributed by atoms with van der Waals surface area (Å²) in [5, 5.41) is 20.5. The van der Waals surface area contributed by atoms with Crippen LogP contribution in [-0.4, -0.2) is 53.8 Å². The van der Waals surface area contributed by atoms with Crippen LogP contribution in [0.3, 0.4) is 0 Å². The fourth-order valence-electron chi connectivity index (χ4n) is 5.54. The van der Waals surface area contributed by atoms with Crippen LogP contribution < -0.4 is 15.5 Å². The van der Waals surface area contributed by atoms with Crippen LogP contribution in [-0.2, 0) is 17.6 Å². The minimum absolute atomic E-state index is 0.128. The monoisotopic (exact) mass is 462 g/mol. The highest BCUT2D eigenvalue weighted by molar-refractivity contribution is 5.95. The Hall–Kier alpha value is -3.50. The van der Waals surface area contributed by atoms with Gasteiger partial charge >= 0.3 is 0 Å². The first kappa shape index (κ1) is 21.1. The highest BCUT2D eigenvalue weighted by atomic mass is 16.2. The predicted octanol–water partition coefficient (Wildman–Crippen LogP) is 3.21. The number of aryl methyl sites for hydroxylation is 1. The number of H-pyrrole nitrogens is 2. The standard InChI is InChI=1S/C23H30N10O/c34-21(29-22-24-13-25-32-22)18-10-5-11-33(18)23-26-16-9-4-8-15(16)20(28-23)27-19-12-17(30-31-19)14-6-2-1-3-7-14/h12-14,18H,1-11H2,(H2,24,25,29,32,34)(H2,26,27,28,30,31)/t18-/m1/s1. The van der Waals surface area contributed by atoms with Gasteiger partial charge in [0.25, 0.3) is 0 Å². The molecule has 1 saturated carbocycles. The highest BCUT2D eigenvalue weighted by Crippen LogP contribution is 2.35. The van der Waals surface area contributed by atoms with Crippen LogP contribution in [0.15, 0.2) is 12.4 Å². The number of aromatic nitrogens is 7. The van der Waals surface area contributed by atoms with Gasteiger partial charge in [0.2, 0.25) is 17.8 Å². The van der Waals surface area contributed by atoms with Crippen LogP contribution in [0.25, 0.3) is 0 Å². The molecule has 2 aliphatic carbocycles. The predicted molar refractivity (Wildman–Crippen MR) is 127 cm³/mol. The van der Waals surface area contributed by atoms with Gasteiger partial charge in [-0.15, -0.1) is 0 Å². The number of anilines is 4. The number of carbonyl (C=O) groups excluding carboxylic acids is 1. The van der Waals surface area contributed by atoms with Crippen molar-refractivity contribution in [3.63, 3.8) is 0 Å². The molecule has 11 heteroatoms. The van der Waals surface area contributed by atoms with E-state index in [1.807, 2.05) is 4.90 Å². The maximum absolute atomic E-state index is 12.9. The Kier molecular flexibility index (Phi) is 5.60. The maximum Gasteiger partial charge on any atom is 0.249 e. The second-order valence-corrected chi connectivity index (χ2v) is 9.49. The first-order valence-electron chi connectivity index (χ1n) is 12.4. The Labute approximate surface area is 197 Å². The Morgan fingerprint density at radius 2 is 1.94 bits per heavy atom. The minimum atomic E-state index is -0.347. The summed E-state index contributed by atoms with van der Waals surface area (Å²) in [6.07, 6.45) is 12.3. The van der Waals surface area contributed by atoms with Crippen molar-refractivity contribution < 1.29 is 4.79 Å². The molecule has 1 aliphatic heterocycles. The SMILES string of the molecule is O=C(Nc1ncn[nH]1)[C@H]1CCCN1c1nc2c(c(Nc3cc(C4CCCCC4)[nH]n3)n1)CCC2. The molecule has 4 heterocycles. The fourth-order valence-corrected chi connectivity index (χ4v) is 5.54. The zero-order valence-electron chi connectivity index (χ0n) is 19.2. The van der Waals surface area contributed by atoms with Gasteiger partial charge in [-0.1, -0.05) is 19.3 Å². The molecule has 1 atom stereocenters. The van der Waals surface area contributed by atoms with Crippen molar-refractivity contribution in [2.45, 2.75) is 76.2 Å². The molecule has 1 amide bonds. The molecule has 0 radical (unpaired) electrons. The zero-order chi connectivity index (χ0) is 22.9. The summed E-state index contributed by atoms with van der Waals surface area (Å²) in [5.74, 6) is 2.98. The van der Waals surface area contributed by atoms with Gasteiger partial charge in [0.1, 0.15) is 18.2 Å². The van der Waals surface area contributed by atoms with E-state index >= 15 is 0 Å². The van der Waals surface area contributed by atoms with Gasteiger partial charge in [-0.2, -0.15) is 20.2 Å². The number of aromatic amines is 2. The van der Waals surface area contributed by atoms with E-state index < -0.39 is 0 Å². The van der Waals surface area contributed by atoms with Gasteiger partial charge < -0.3 is 10.2 Å². The molecule has 6 rings (SSSR count). The molecule has 4 N–H and O–H groups in total. The maximum atomic E-state index is 12.9. The fraction of sp³-hybridized carbons (Fsp3) is 0.565. The Morgan fingerprint density at radius 3 is 2.79 bits per heavy atom. The van der Waals surface area contributed by atoms with Crippen molar-refractivity contribution >= 4 is 29.4 Å². The van der Waals surface area contributed by atoms with Crippen LogP contribution in [0.1, 0.15) is 74.2 Å². The largest absolute Gasteiger partial charge is 0.329 e. The molecule has 11 nitrogen and oxygen atoms in total. The second-order valence-electron chi connectivity index (χ2n) is 9.49. The third-order valence-electron chi connectivity index (χ3n) is 7.28. The third kappa shape index (κ3) is 4.10. The van der Waals surface area contributed by atoms with Crippen molar-refractivity contribution in [1.29, 1.82) is 0 Å². The van der Waals surface area contributed by atoms with Crippen molar-refractivity contribution in [1.82, 2.24) is 35.3 Å². The van der Waals surface area contributed by atoms with E-state index in [-0.39, 0.29) is 11.9 Å². The van der Waals surface area contributed by atoms with Gasteiger partial charge in [-0.25, -0.2) is 10.1 Å². The Morgan fingerprint density at radius 1 is 1.03 bits per heavy atom. The Balaban J connectivity index is 1.24. The smallest absolute Gasteiger partial charge is 0.249 e. The number of rotatable bonds is 6. The van der Waals surface area contributed by atoms with Crippen molar-refractivity contribution in [2.75, 3.05) is 22.1 Å². The summed E-state index contributed by atoms with van der Waals surface area (Å²) < 4.78 is 0. The third-order valence-corrected chi connectivity index (χ3v) is 7.28. The summed E-state index contributed by atoms with van der Waals surface area (Å²) in [7, 11) is 0. The van der Waals surface area contributed by atoms with Crippen LogP contribution in [0.5, 0.6) is 0 Å². The van der Waals surface area contributed by atoms with Gasteiger partial charge in [0, 0.05) is 29.8 Å². The van der Waals surface area contributed by atoms with Crippen molar-refractivity contribution in [3.05, 3.63) is 29.3 Å². The van der Waals surface area contributed by atoms with E-state index in [0.29, 0.717) is 17.8 Å². The molecule has 2 fully saturated rings. The topological polar surface area (TPSA) is 140 Å². The van der Waals surface area contributed by atoms with Crippen molar-refractivity contribution in [2.24, 2.45) is 0 Å². The molecule has 0 unspecified atom stereocenters. The average molecular weight is 463 g/mol. The molecule has 34 heavy (non-hydrogen) atoms. The number of hydrogen-bond acceptors (Lipinski definition) is 8. The van der Waals surface area contributed by atoms with E-state index in [2.05, 4.69) is 42.1 Å². The molecule has 0 bridgehead atoms. The van der Waals surface area contributed by atoms with Crippen LogP contribution in [0.2, 0.25) is 0 Å². The molecule has 3 aliphatic rings. The van der Waals surface area contributed by atoms with Gasteiger partial charge in [0.05, 0.1) is 5.69 Å². The van der Waals surface area contributed by atoms with Crippen molar-refractivity contribution in [3.8, 4) is 0 Å². The lowest BCUT2D eigenvalue weighted by Crippen LogP contribution is -2.41. The Bertz CT molecular complexity index is 1150. The first-order valence-corrected chi connectivity index (χ1v) is 12.4. The number of hydrogen-bond donors (Lipinski definition) is 4. The van der Waals surface area contributed by atoms with Gasteiger partial charge in [0.15, 0.2) is 5.82 Å². The summed E-state index contributed by atoms with van der Waals surface area (Å²) in [6.45, 7) is 0.737. The summed E-state index contributed by atoms with van der Waals surface area (Å²) in [4.78, 5) is 28.7. The highest BCUT2D eigenvalue weighted by Gasteiger charge is 2.34. The first-order chi connectivity index (χ1) is 16.7. The van der Waals surface area contributed by atoms with E-state index in [1.165, 1.54) is 44.1 Å². The van der Waals surface area contributed by atoms with E-state index in [0.717, 1.165) is 61.5 Å². The molecule has 1 saturated heterocycles. The van der Waals surface area contributed by atoms with Gasteiger partial charge in [-0.3, -0.25) is 15.2 Å². The molecular formula is C23H30N10O. The normalized spacial score (nSPS) is 20.5. The zero-order valence-corrected chi connectivity index (χ0v) is 19.2. The number of nitrogens with one attached hydrogen (secondary N) is 4. The lowest BCUT2D eigenvalue weighted by Gasteiger charge is -2.24.